The molecule has 3 heteroatoms. The lowest BCUT2D eigenvalue weighted by Crippen LogP contribution is -1.85. The van der Waals surface area contributed by atoms with E-state index in [2.05, 4.69) is 17.5 Å². The fourth-order valence-corrected chi connectivity index (χ4v) is 2.52. The quantitative estimate of drug-likeness (QED) is 0.716. The maximum Gasteiger partial charge on any atom is 0.0438 e. The average molecular weight is 188 g/mol. The molecule has 0 unspecified atom stereocenters. The van der Waals surface area contributed by atoms with E-state index in [-0.39, 0.29) is 0 Å². The lowest BCUT2D eigenvalue weighted by atomic mass is 10.5. The predicted molar refractivity (Wildman–Crippen MR) is 52.2 cm³/mol. The van der Waals surface area contributed by atoms with Crippen LogP contribution in [0.2, 0.25) is 0 Å². The molecule has 1 aromatic rings. The van der Waals surface area contributed by atoms with Crippen LogP contribution in [0, 0.1) is 0 Å². The van der Waals surface area contributed by atoms with Crippen molar-refractivity contribution in [3.63, 3.8) is 0 Å². The molecule has 0 spiro atoms. The second-order valence-electron chi connectivity index (χ2n) is 2.21. The monoisotopic (exact) mass is 188 g/mol. The summed E-state index contributed by atoms with van der Waals surface area (Å²) in [5.74, 6) is 2.16. The van der Waals surface area contributed by atoms with Gasteiger partial charge in [-0.05, 0) is 23.6 Å². The molecule has 0 atom stereocenters. The topological polar surface area (TPSA) is 20.2 Å². The summed E-state index contributed by atoms with van der Waals surface area (Å²) >= 11 is 3.68. The van der Waals surface area contributed by atoms with Crippen molar-refractivity contribution in [3.8, 4) is 0 Å². The van der Waals surface area contributed by atoms with Gasteiger partial charge in [-0.2, -0.15) is 11.8 Å². The molecule has 0 aliphatic carbocycles. The van der Waals surface area contributed by atoms with Gasteiger partial charge in [-0.25, -0.2) is 0 Å². The summed E-state index contributed by atoms with van der Waals surface area (Å²) in [6.45, 7) is 0.317. The van der Waals surface area contributed by atoms with Gasteiger partial charge >= 0.3 is 0 Å². The summed E-state index contributed by atoms with van der Waals surface area (Å²) in [5, 5.41) is 10.6. The molecule has 1 nitrogen and oxygen atoms in total. The molecule has 1 aromatic heterocycles. The van der Waals surface area contributed by atoms with Gasteiger partial charge in [-0.1, -0.05) is 6.07 Å². The highest BCUT2D eigenvalue weighted by atomic mass is 32.2. The molecule has 1 N–H and O–H groups in total. The highest BCUT2D eigenvalue weighted by molar-refractivity contribution is 7.98. The minimum absolute atomic E-state index is 0.317. The molecule has 0 saturated heterocycles. The van der Waals surface area contributed by atoms with Gasteiger partial charge in [-0.15, -0.1) is 11.3 Å². The van der Waals surface area contributed by atoms with Gasteiger partial charge in [0.1, 0.15) is 0 Å². The van der Waals surface area contributed by atoms with Crippen molar-refractivity contribution in [2.45, 2.75) is 12.2 Å². The van der Waals surface area contributed by atoms with Gasteiger partial charge in [0.25, 0.3) is 0 Å². The minimum atomic E-state index is 0.317. The molecule has 0 radical (unpaired) electrons. The molecule has 11 heavy (non-hydrogen) atoms. The first-order chi connectivity index (χ1) is 5.43. The van der Waals surface area contributed by atoms with Crippen molar-refractivity contribution < 1.29 is 5.11 Å². The Morgan fingerprint density at radius 3 is 3.09 bits per heavy atom. The predicted octanol–water partition coefficient (Wildman–Crippen LogP) is 2.36. The van der Waals surface area contributed by atoms with Gasteiger partial charge in [0.05, 0.1) is 0 Å². The van der Waals surface area contributed by atoms with Crippen LogP contribution >= 0.6 is 23.1 Å². The third-order valence-electron chi connectivity index (χ3n) is 1.27. The fraction of sp³-hybridized carbons (Fsp3) is 0.500. The van der Waals surface area contributed by atoms with Gasteiger partial charge in [-0.3, -0.25) is 0 Å². The smallest absolute Gasteiger partial charge is 0.0438 e. The van der Waals surface area contributed by atoms with Crippen molar-refractivity contribution in [1.29, 1.82) is 0 Å². The third-order valence-corrected chi connectivity index (χ3v) is 3.42. The Morgan fingerprint density at radius 1 is 1.55 bits per heavy atom. The number of hydrogen-bond acceptors (Lipinski definition) is 3. The van der Waals surface area contributed by atoms with Gasteiger partial charge in [0.2, 0.25) is 0 Å². The number of aliphatic hydroxyl groups is 1. The first-order valence-corrected chi connectivity index (χ1v) is 5.68. The summed E-state index contributed by atoms with van der Waals surface area (Å²) in [6, 6.07) is 4.23. The molecule has 1 heterocycles. The lowest BCUT2D eigenvalue weighted by Gasteiger charge is -1.95. The Balaban J connectivity index is 2.04. The first kappa shape index (κ1) is 9.10. The largest absolute Gasteiger partial charge is 0.396 e. The molecule has 0 saturated carbocycles. The van der Waals surface area contributed by atoms with Crippen molar-refractivity contribution >= 4 is 23.1 Å². The maximum atomic E-state index is 8.51. The molecule has 0 amide bonds. The molecule has 1 rings (SSSR count). The normalized spacial score (nSPS) is 10.3. The van der Waals surface area contributed by atoms with Gasteiger partial charge < -0.3 is 5.11 Å². The summed E-state index contributed by atoms with van der Waals surface area (Å²) in [6.07, 6.45) is 0.913. The molecule has 0 fully saturated rings. The van der Waals surface area contributed by atoms with E-state index in [1.807, 2.05) is 11.8 Å². The van der Waals surface area contributed by atoms with Crippen LogP contribution in [0.3, 0.4) is 0 Å². The number of thiophene rings is 1. The van der Waals surface area contributed by atoms with Crippen LogP contribution in [-0.4, -0.2) is 17.5 Å². The van der Waals surface area contributed by atoms with E-state index in [0.717, 1.165) is 17.9 Å². The van der Waals surface area contributed by atoms with Crippen LogP contribution in [0.4, 0.5) is 0 Å². The zero-order valence-electron chi connectivity index (χ0n) is 6.32. The van der Waals surface area contributed by atoms with Gasteiger partial charge in [0, 0.05) is 17.2 Å². The van der Waals surface area contributed by atoms with Crippen LogP contribution in [0.15, 0.2) is 17.5 Å². The number of aliphatic hydroxyl groups excluding tert-OH is 1. The van der Waals surface area contributed by atoms with Crippen LogP contribution in [0.1, 0.15) is 11.3 Å². The van der Waals surface area contributed by atoms with E-state index in [9.17, 15) is 0 Å². The highest BCUT2D eigenvalue weighted by Gasteiger charge is 1.92. The Labute approximate surface area is 75.4 Å². The average Bonchev–Trinajstić information content (AvgIpc) is 2.50. The second kappa shape index (κ2) is 5.63. The van der Waals surface area contributed by atoms with E-state index in [4.69, 9.17) is 5.11 Å². The highest BCUT2D eigenvalue weighted by Crippen LogP contribution is 2.17. The Kier molecular flexibility index (Phi) is 4.66. The maximum absolute atomic E-state index is 8.51. The van der Waals surface area contributed by atoms with Crippen LogP contribution in [0.25, 0.3) is 0 Å². The lowest BCUT2D eigenvalue weighted by molar-refractivity contribution is 0.296. The zero-order chi connectivity index (χ0) is 7.94. The Bertz CT molecular complexity index is 172. The van der Waals surface area contributed by atoms with E-state index < -0.39 is 0 Å². The fourth-order valence-electron chi connectivity index (χ4n) is 0.734. The van der Waals surface area contributed by atoms with Crippen molar-refractivity contribution in [2.75, 3.05) is 12.4 Å². The minimum Gasteiger partial charge on any atom is -0.396 e. The standard InChI is InChI=1S/C8H12OS2/c9-4-2-5-10-7-8-3-1-6-11-8/h1,3,6,9H,2,4-5,7H2. The zero-order valence-corrected chi connectivity index (χ0v) is 7.96. The third kappa shape index (κ3) is 3.79. The SMILES string of the molecule is OCCCSCc1cccs1. The van der Waals surface area contributed by atoms with Crippen LogP contribution < -0.4 is 0 Å². The summed E-state index contributed by atoms with van der Waals surface area (Å²) < 4.78 is 0. The molecular weight excluding hydrogens is 176 g/mol. The van der Waals surface area contributed by atoms with Crippen LogP contribution in [-0.2, 0) is 5.75 Å². The molecule has 62 valence electrons. The first-order valence-electron chi connectivity index (χ1n) is 3.64. The molecule has 0 aliphatic rings. The summed E-state index contributed by atoms with van der Waals surface area (Å²) in [4.78, 5) is 1.42. The van der Waals surface area contributed by atoms with Crippen LogP contribution in [0.5, 0.6) is 0 Å². The molecule has 0 aliphatic heterocycles. The number of hydrogen-bond donors (Lipinski definition) is 1. The summed E-state index contributed by atoms with van der Waals surface area (Å²) in [5.41, 5.74) is 0. The molecular formula is C8H12OS2. The number of thioether (sulfide) groups is 1. The summed E-state index contributed by atoms with van der Waals surface area (Å²) in [7, 11) is 0. The Morgan fingerprint density at radius 2 is 2.45 bits per heavy atom. The van der Waals surface area contributed by atoms with E-state index in [0.29, 0.717) is 6.61 Å². The molecule has 0 aromatic carbocycles. The Hall–Kier alpha value is 0.01000. The van der Waals surface area contributed by atoms with E-state index in [1.165, 1.54) is 4.88 Å². The van der Waals surface area contributed by atoms with E-state index >= 15 is 0 Å². The molecule has 0 bridgehead atoms. The number of rotatable bonds is 5. The van der Waals surface area contributed by atoms with E-state index in [1.54, 1.807) is 11.3 Å². The van der Waals surface area contributed by atoms with Crippen molar-refractivity contribution in [3.05, 3.63) is 22.4 Å². The van der Waals surface area contributed by atoms with Gasteiger partial charge in [0.15, 0.2) is 0 Å². The van der Waals surface area contributed by atoms with Crippen molar-refractivity contribution in [1.82, 2.24) is 0 Å². The second-order valence-corrected chi connectivity index (χ2v) is 4.35. The van der Waals surface area contributed by atoms with Crippen molar-refractivity contribution in [2.24, 2.45) is 0 Å².